The Labute approximate surface area is 135 Å². The lowest BCUT2D eigenvalue weighted by Crippen LogP contribution is -2.10. The van der Waals surface area contributed by atoms with Crippen LogP contribution in [0.4, 0.5) is 0 Å². The third-order valence-electron chi connectivity index (χ3n) is 3.80. The summed E-state index contributed by atoms with van der Waals surface area (Å²) in [6.45, 7) is 3.76. The minimum Gasteiger partial charge on any atom is -0.497 e. The number of ether oxygens (including phenoxy) is 3. The van der Waals surface area contributed by atoms with E-state index in [0.717, 1.165) is 33.8 Å². The fourth-order valence-corrected chi connectivity index (χ4v) is 2.62. The van der Waals surface area contributed by atoms with Crippen LogP contribution < -0.4 is 14.2 Å². The van der Waals surface area contributed by atoms with Gasteiger partial charge in [0.05, 0.1) is 7.11 Å². The van der Waals surface area contributed by atoms with Gasteiger partial charge in [0.15, 0.2) is 0 Å². The Morgan fingerprint density at radius 1 is 1.13 bits per heavy atom. The van der Waals surface area contributed by atoms with Gasteiger partial charge in [0.25, 0.3) is 0 Å². The zero-order chi connectivity index (χ0) is 16.4. The Balaban J connectivity index is 1.94. The molecule has 0 atom stereocenters. The van der Waals surface area contributed by atoms with Crippen LogP contribution in [0.25, 0.3) is 11.6 Å². The normalized spacial score (nSPS) is 12.7. The van der Waals surface area contributed by atoms with E-state index in [1.165, 1.54) is 6.92 Å². The second kappa shape index (κ2) is 6.16. The SMILES string of the molecule is COc1ccc(C2=Cc3ccc(OC(C)=O)c(C)c3OC2)cc1. The fraction of sp³-hybridized carbons (Fsp3) is 0.211. The summed E-state index contributed by atoms with van der Waals surface area (Å²) in [7, 11) is 1.65. The van der Waals surface area contributed by atoms with Gasteiger partial charge in [-0.25, -0.2) is 0 Å². The van der Waals surface area contributed by atoms with E-state index < -0.39 is 0 Å². The van der Waals surface area contributed by atoms with Gasteiger partial charge in [-0.2, -0.15) is 0 Å². The second-order valence-electron chi connectivity index (χ2n) is 5.39. The van der Waals surface area contributed by atoms with Crippen LogP contribution in [0.1, 0.15) is 23.6 Å². The summed E-state index contributed by atoms with van der Waals surface area (Å²) in [5, 5.41) is 0. The highest BCUT2D eigenvalue weighted by Crippen LogP contribution is 2.37. The molecule has 118 valence electrons. The van der Waals surface area contributed by atoms with Gasteiger partial charge in [0.1, 0.15) is 23.9 Å². The molecule has 1 heterocycles. The molecule has 0 saturated carbocycles. The number of carbonyl (C=O) groups is 1. The summed E-state index contributed by atoms with van der Waals surface area (Å²) >= 11 is 0. The maximum absolute atomic E-state index is 11.1. The average Bonchev–Trinajstić information content (AvgIpc) is 2.57. The van der Waals surface area contributed by atoms with Crippen LogP contribution in [0.5, 0.6) is 17.2 Å². The van der Waals surface area contributed by atoms with Crippen molar-refractivity contribution in [3.05, 3.63) is 53.1 Å². The monoisotopic (exact) mass is 310 g/mol. The Morgan fingerprint density at radius 2 is 1.87 bits per heavy atom. The molecule has 0 saturated heterocycles. The van der Waals surface area contributed by atoms with Gasteiger partial charge >= 0.3 is 5.97 Å². The van der Waals surface area contributed by atoms with Crippen LogP contribution in [-0.2, 0) is 4.79 Å². The van der Waals surface area contributed by atoms with Crippen molar-refractivity contribution in [2.24, 2.45) is 0 Å². The van der Waals surface area contributed by atoms with Crippen LogP contribution in [-0.4, -0.2) is 19.7 Å². The standard InChI is InChI=1S/C19H18O4/c1-12-18(23-13(2)20)9-6-15-10-16(11-22-19(12)15)14-4-7-17(21-3)8-5-14/h4-10H,11H2,1-3H3. The van der Waals surface area contributed by atoms with Gasteiger partial charge in [-0.05, 0) is 48.4 Å². The fourth-order valence-electron chi connectivity index (χ4n) is 2.62. The Kier molecular flexibility index (Phi) is 4.06. The molecule has 0 spiro atoms. The van der Waals surface area contributed by atoms with Gasteiger partial charge in [-0.3, -0.25) is 4.79 Å². The van der Waals surface area contributed by atoms with Crippen molar-refractivity contribution in [1.82, 2.24) is 0 Å². The average molecular weight is 310 g/mol. The van der Waals surface area contributed by atoms with Gasteiger partial charge in [-0.15, -0.1) is 0 Å². The summed E-state index contributed by atoms with van der Waals surface area (Å²) in [5.41, 5.74) is 4.01. The smallest absolute Gasteiger partial charge is 0.308 e. The van der Waals surface area contributed by atoms with Crippen molar-refractivity contribution >= 4 is 17.6 Å². The molecule has 0 aliphatic carbocycles. The molecule has 0 amide bonds. The van der Waals surface area contributed by atoms with E-state index >= 15 is 0 Å². The highest BCUT2D eigenvalue weighted by atomic mass is 16.5. The third-order valence-corrected chi connectivity index (χ3v) is 3.80. The van der Waals surface area contributed by atoms with E-state index in [1.54, 1.807) is 13.2 Å². The lowest BCUT2D eigenvalue weighted by Gasteiger charge is -2.21. The second-order valence-corrected chi connectivity index (χ2v) is 5.39. The molecule has 0 N–H and O–H groups in total. The molecule has 0 fully saturated rings. The number of carbonyl (C=O) groups excluding carboxylic acids is 1. The largest absolute Gasteiger partial charge is 0.497 e. The topological polar surface area (TPSA) is 44.8 Å². The Bertz CT molecular complexity index is 773. The first kappa shape index (κ1) is 15.2. The summed E-state index contributed by atoms with van der Waals surface area (Å²) in [6.07, 6.45) is 2.10. The molecule has 0 radical (unpaired) electrons. The van der Waals surface area contributed by atoms with Crippen LogP contribution in [0, 0.1) is 6.92 Å². The molecule has 1 aliphatic heterocycles. The van der Waals surface area contributed by atoms with Crippen LogP contribution in [0.2, 0.25) is 0 Å². The minimum absolute atomic E-state index is 0.335. The molecule has 4 nitrogen and oxygen atoms in total. The summed E-state index contributed by atoms with van der Waals surface area (Å²) in [6, 6.07) is 11.6. The maximum atomic E-state index is 11.1. The van der Waals surface area contributed by atoms with Crippen molar-refractivity contribution in [2.75, 3.05) is 13.7 Å². The molecular formula is C19H18O4. The number of rotatable bonds is 3. The van der Waals surface area contributed by atoms with Crippen LogP contribution in [0.15, 0.2) is 36.4 Å². The predicted molar refractivity (Wildman–Crippen MR) is 88.8 cm³/mol. The van der Waals surface area contributed by atoms with E-state index in [4.69, 9.17) is 14.2 Å². The zero-order valence-corrected chi connectivity index (χ0v) is 13.4. The van der Waals surface area contributed by atoms with Crippen LogP contribution >= 0.6 is 0 Å². The van der Waals surface area contributed by atoms with Gasteiger partial charge in [-0.1, -0.05) is 12.1 Å². The first-order chi connectivity index (χ1) is 11.1. The van der Waals surface area contributed by atoms with E-state index in [0.29, 0.717) is 12.4 Å². The van der Waals surface area contributed by atoms with Crippen LogP contribution in [0.3, 0.4) is 0 Å². The Morgan fingerprint density at radius 3 is 2.52 bits per heavy atom. The van der Waals surface area contributed by atoms with Gasteiger partial charge in [0.2, 0.25) is 0 Å². The van der Waals surface area contributed by atoms with Crippen molar-refractivity contribution in [3.63, 3.8) is 0 Å². The number of benzene rings is 2. The van der Waals surface area contributed by atoms with Gasteiger partial charge in [0, 0.05) is 18.1 Å². The molecule has 1 aliphatic rings. The molecule has 3 rings (SSSR count). The minimum atomic E-state index is -0.335. The lowest BCUT2D eigenvalue weighted by molar-refractivity contribution is -0.131. The first-order valence-corrected chi connectivity index (χ1v) is 7.38. The van der Waals surface area contributed by atoms with Gasteiger partial charge < -0.3 is 14.2 Å². The number of methoxy groups -OCH3 is 1. The molecule has 2 aromatic carbocycles. The van der Waals surface area contributed by atoms with E-state index in [2.05, 4.69) is 6.08 Å². The third kappa shape index (κ3) is 3.06. The number of esters is 1. The molecule has 0 unspecified atom stereocenters. The quantitative estimate of drug-likeness (QED) is 0.638. The molecule has 2 aromatic rings. The first-order valence-electron chi connectivity index (χ1n) is 7.38. The zero-order valence-electron chi connectivity index (χ0n) is 13.4. The van der Waals surface area contributed by atoms with E-state index in [9.17, 15) is 4.79 Å². The molecular weight excluding hydrogens is 292 g/mol. The highest BCUT2D eigenvalue weighted by Gasteiger charge is 2.18. The van der Waals surface area contributed by atoms with Crippen molar-refractivity contribution in [3.8, 4) is 17.2 Å². The van der Waals surface area contributed by atoms with Crippen molar-refractivity contribution < 1.29 is 19.0 Å². The molecule has 23 heavy (non-hydrogen) atoms. The lowest BCUT2D eigenvalue weighted by atomic mass is 9.99. The predicted octanol–water partition coefficient (Wildman–Crippen LogP) is 3.86. The van der Waals surface area contributed by atoms with E-state index in [1.807, 2.05) is 37.3 Å². The maximum Gasteiger partial charge on any atom is 0.308 e. The number of fused-ring (bicyclic) bond motifs is 1. The molecule has 4 heteroatoms. The van der Waals surface area contributed by atoms with E-state index in [-0.39, 0.29) is 5.97 Å². The molecule has 0 bridgehead atoms. The highest BCUT2D eigenvalue weighted by molar-refractivity contribution is 5.86. The summed E-state index contributed by atoms with van der Waals surface area (Å²) in [4.78, 5) is 11.1. The van der Waals surface area contributed by atoms with Crippen molar-refractivity contribution in [2.45, 2.75) is 13.8 Å². The van der Waals surface area contributed by atoms with Crippen molar-refractivity contribution in [1.29, 1.82) is 0 Å². The Hall–Kier alpha value is -2.75. The number of hydrogen-bond acceptors (Lipinski definition) is 4. The summed E-state index contributed by atoms with van der Waals surface area (Å²) < 4.78 is 16.3. The number of hydrogen-bond donors (Lipinski definition) is 0. The summed E-state index contributed by atoms with van der Waals surface area (Å²) in [5.74, 6) is 1.80. The molecule has 0 aromatic heterocycles.